The van der Waals surface area contributed by atoms with Gasteiger partial charge >= 0.3 is 0 Å². The van der Waals surface area contributed by atoms with Gasteiger partial charge in [0.1, 0.15) is 0 Å². The molecule has 0 amide bonds. The Morgan fingerprint density at radius 3 is 2.80 bits per heavy atom. The molecule has 3 N–H and O–H groups in total. The van der Waals surface area contributed by atoms with Crippen LogP contribution in [0.2, 0.25) is 0 Å². The molecule has 2 heteroatoms. The van der Waals surface area contributed by atoms with E-state index in [0.717, 1.165) is 19.4 Å². The molecule has 2 nitrogen and oxygen atoms in total. The molecule has 1 aliphatic rings. The minimum Gasteiger partial charge on any atom is -0.328 e. The van der Waals surface area contributed by atoms with Gasteiger partial charge in [-0.1, -0.05) is 5.92 Å². The molecule has 0 radical (unpaired) electrons. The maximum absolute atomic E-state index is 5.60. The second-order valence-electron chi connectivity index (χ2n) is 2.74. The fraction of sp³-hybridized carbons (Fsp3) is 0.750. The van der Waals surface area contributed by atoms with Gasteiger partial charge in [0.25, 0.3) is 0 Å². The lowest BCUT2D eigenvalue weighted by atomic mass is 9.88. The van der Waals surface area contributed by atoms with Crippen molar-refractivity contribution in [3.63, 3.8) is 0 Å². The van der Waals surface area contributed by atoms with E-state index < -0.39 is 0 Å². The molecule has 0 saturated heterocycles. The SMILES string of the molecule is CC#CCNC1CC(N)C1. The number of rotatable bonds is 2. The highest BCUT2D eigenvalue weighted by Gasteiger charge is 2.24. The summed E-state index contributed by atoms with van der Waals surface area (Å²) in [5, 5.41) is 3.30. The van der Waals surface area contributed by atoms with Crippen LogP contribution in [-0.2, 0) is 0 Å². The molecule has 0 spiro atoms. The summed E-state index contributed by atoms with van der Waals surface area (Å²) in [5.74, 6) is 5.80. The van der Waals surface area contributed by atoms with Crippen LogP contribution in [0.3, 0.4) is 0 Å². The lowest BCUT2D eigenvalue weighted by Gasteiger charge is -2.32. The van der Waals surface area contributed by atoms with E-state index in [4.69, 9.17) is 5.73 Å². The first kappa shape index (κ1) is 7.59. The van der Waals surface area contributed by atoms with Crippen molar-refractivity contribution >= 4 is 0 Å². The first-order valence-electron chi connectivity index (χ1n) is 3.71. The highest BCUT2D eigenvalue weighted by Crippen LogP contribution is 2.16. The van der Waals surface area contributed by atoms with Gasteiger partial charge in [-0.05, 0) is 19.8 Å². The molecule has 0 bridgehead atoms. The Balaban J connectivity index is 1.98. The van der Waals surface area contributed by atoms with E-state index in [-0.39, 0.29) is 0 Å². The smallest absolute Gasteiger partial charge is 0.0578 e. The van der Waals surface area contributed by atoms with E-state index in [2.05, 4.69) is 17.2 Å². The van der Waals surface area contributed by atoms with Crippen LogP contribution in [0.25, 0.3) is 0 Å². The molecule has 1 saturated carbocycles. The summed E-state index contributed by atoms with van der Waals surface area (Å²) in [5.41, 5.74) is 5.60. The minimum atomic E-state index is 0.437. The molecular weight excluding hydrogens is 124 g/mol. The summed E-state index contributed by atoms with van der Waals surface area (Å²) in [6.45, 7) is 2.67. The van der Waals surface area contributed by atoms with Gasteiger partial charge in [0.15, 0.2) is 0 Å². The molecule has 10 heavy (non-hydrogen) atoms. The van der Waals surface area contributed by atoms with Crippen LogP contribution in [-0.4, -0.2) is 18.6 Å². The summed E-state index contributed by atoms with van der Waals surface area (Å²) in [7, 11) is 0. The third-order valence-electron chi connectivity index (χ3n) is 1.83. The quantitative estimate of drug-likeness (QED) is 0.531. The molecule has 1 aliphatic carbocycles. The van der Waals surface area contributed by atoms with E-state index in [1.54, 1.807) is 0 Å². The Morgan fingerprint density at radius 1 is 1.60 bits per heavy atom. The Hall–Kier alpha value is -0.520. The molecule has 0 aliphatic heterocycles. The largest absolute Gasteiger partial charge is 0.328 e. The van der Waals surface area contributed by atoms with Gasteiger partial charge < -0.3 is 11.1 Å². The predicted molar refractivity (Wildman–Crippen MR) is 42.5 cm³/mol. The van der Waals surface area contributed by atoms with Crippen LogP contribution >= 0.6 is 0 Å². The van der Waals surface area contributed by atoms with Crippen LogP contribution in [0, 0.1) is 11.8 Å². The molecule has 0 aromatic rings. The molecule has 0 heterocycles. The topological polar surface area (TPSA) is 38.0 Å². The van der Waals surface area contributed by atoms with Gasteiger partial charge in [-0.15, -0.1) is 5.92 Å². The van der Waals surface area contributed by atoms with Crippen LogP contribution in [0.1, 0.15) is 19.8 Å². The molecule has 0 unspecified atom stereocenters. The van der Waals surface area contributed by atoms with Crippen molar-refractivity contribution < 1.29 is 0 Å². The Bertz CT molecular complexity index is 148. The zero-order chi connectivity index (χ0) is 7.40. The summed E-state index contributed by atoms with van der Waals surface area (Å²) in [6.07, 6.45) is 2.23. The van der Waals surface area contributed by atoms with E-state index in [0.29, 0.717) is 12.1 Å². The van der Waals surface area contributed by atoms with Gasteiger partial charge in [-0.2, -0.15) is 0 Å². The van der Waals surface area contributed by atoms with Crippen LogP contribution in [0.4, 0.5) is 0 Å². The average Bonchev–Trinajstić information content (AvgIpc) is 1.85. The van der Waals surface area contributed by atoms with Crippen molar-refractivity contribution in [2.45, 2.75) is 31.8 Å². The Labute approximate surface area is 62.2 Å². The van der Waals surface area contributed by atoms with Crippen molar-refractivity contribution in [3.8, 4) is 11.8 Å². The van der Waals surface area contributed by atoms with Crippen molar-refractivity contribution in [1.82, 2.24) is 5.32 Å². The first-order valence-corrected chi connectivity index (χ1v) is 3.71. The minimum absolute atomic E-state index is 0.437. The summed E-state index contributed by atoms with van der Waals surface area (Å²) >= 11 is 0. The third-order valence-corrected chi connectivity index (χ3v) is 1.83. The number of nitrogens with two attached hydrogens (primary N) is 1. The van der Waals surface area contributed by atoms with Crippen molar-refractivity contribution in [1.29, 1.82) is 0 Å². The maximum Gasteiger partial charge on any atom is 0.0578 e. The van der Waals surface area contributed by atoms with Crippen molar-refractivity contribution in [2.75, 3.05) is 6.54 Å². The maximum atomic E-state index is 5.60. The zero-order valence-corrected chi connectivity index (χ0v) is 6.35. The fourth-order valence-corrected chi connectivity index (χ4v) is 1.11. The summed E-state index contributed by atoms with van der Waals surface area (Å²) < 4.78 is 0. The number of hydrogen-bond acceptors (Lipinski definition) is 2. The molecule has 0 atom stereocenters. The molecular formula is C8H14N2. The number of hydrogen-bond donors (Lipinski definition) is 2. The van der Waals surface area contributed by atoms with Gasteiger partial charge in [-0.25, -0.2) is 0 Å². The number of nitrogens with one attached hydrogen (secondary N) is 1. The fourth-order valence-electron chi connectivity index (χ4n) is 1.11. The van der Waals surface area contributed by atoms with Gasteiger partial charge in [0, 0.05) is 12.1 Å². The van der Waals surface area contributed by atoms with E-state index in [1.807, 2.05) is 6.92 Å². The van der Waals surface area contributed by atoms with Gasteiger partial charge in [0.05, 0.1) is 6.54 Å². The summed E-state index contributed by atoms with van der Waals surface area (Å²) in [6, 6.07) is 1.07. The molecule has 1 rings (SSSR count). The monoisotopic (exact) mass is 138 g/mol. The molecule has 0 aromatic carbocycles. The van der Waals surface area contributed by atoms with Crippen molar-refractivity contribution in [3.05, 3.63) is 0 Å². The first-order chi connectivity index (χ1) is 4.83. The molecule has 1 fully saturated rings. The van der Waals surface area contributed by atoms with E-state index >= 15 is 0 Å². The van der Waals surface area contributed by atoms with Gasteiger partial charge in [-0.3, -0.25) is 0 Å². The average molecular weight is 138 g/mol. The zero-order valence-electron chi connectivity index (χ0n) is 6.35. The van der Waals surface area contributed by atoms with Crippen LogP contribution < -0.4 is 11.1 Å². The van der Waals surface area contributed by atoms with Crippen molar-refractivity contribution in [2.24, 2.45) is 5.73 Å². The normalized spacial score (nSPS) is 30.2. The van der Waals surface area contributed by atoms with Crippen LogP contribution in [0.15, 0.2) is 0 Å². The van der Waals surface area contributed by atoms with E-state index in [9.17, 15) is 0 Å². The third kappa shape index (κ3) is 2.02. The van der Waals surface area contributed by atoms with Crippen LogP contribution in [0.5, 0.6) is 0 Å². The molecule has 56 valence electrons. The highest BCUT2D eigenvalue weighted by molar-refractivity contribution is 4.99. The second-order valence-corrected chi connectivity index (χ2v) is 2.74. The second kappa shape index (κ2) is 3.60. The lowest BCUT2D eigenvalue weighted by Crippen LogP contribution is -2.48. The van der Waals surface area contributed by atoms with E-state index in [1.165, 1.54) is 0 Å². The molecule has 0 aromatic heterocycles. The highest BCUT2D eigenvalue weighted by atomic mass is 14.9. The lowest BCUT2D eigenvalue weighted by molar-refractivity contribution is 0.302. The van der Waals surface area contributed by atoms with Gasteiger partial charge in [0.2, 0.25) is 0 Å². The Morgan fingerprint density at radius 2 is 2.30 bits per heavy atom. The standard InChI is InChI=1S/C8H14N2/c1-2-3-4-10-8-5-7(9)6-8/h7-8,10H,4-6,9H2,1H3. The Kier molecular flexibility index (Phi) is 2.73. The summed E-state index contributed by atoms with van der Waals surface area (Å²) in [4.78, 5) is 0. The predicted octanol–water partition coefficient (Wildman–Crippen LogP) is 0.0890.